The largest absolute Gasteiger partial charge is 0.469 e. The second-order valence-corrected chi connectivity index (χ2v) is 9.61. The van der Waals surface area contributed by atoms with Gasteiger partial charge >= 0.3 is 12.0 Å². The van der Waals surface area contributed by atoms with Crippen LogP contribution < -0.4 is 4.90 Å². The molecular weight excluding hydrogens is 535 g/mol. The number of amides is 3. The minimum Gasteiger partial charge on any atom is -0.469 e. The fraction of sp³-hybridized carbons (Fsp3) is 0.364. The molecule has 3 amide bonds. The molecule has 0 aliphatic carbocycles. The zero-order valence-corrected chi connectivity index (χ0v) is 20.9. The number of hydrogen-bond acceptors (Lipinski definition) is 6. The normalized spacial score (nSPS) is 20.8. The molecular formula is C22H21BrCl2N4O4. The molecule has 0 saturated carbocycles. The predicted molar refractivity (Wildman–Crippen MR) is 127 cm³/mol. The third-order valence-corrected chi connectivity index (χ3v) is 6.80. The monoisotopic (exact) mass is 554 g/mol. The van der Waals surface area contributed by atoms with Crippen LogP contribution in [0.3, 0.4) is 0 Å². The van der Waals surface area contributed by atoms with Gasteiger partial charge in [-0.2, -0.15) is 0 Å². The second-order valence-electron chi connectivity index (χ2n) is 7.92. The van der Waals surface area contributed by atoms with E-state index in [0.717, 1.165) is 14.9 Å². The second kappa shape index (κ2) is 9.58. The first-order valence-electron chi connectivity index (χ1n) is 10.3. The maximum atomic E-state index is 13.9. The summed E-state index contributed by atoms with van der Waals surface area (Å²) in [6.07, 6.45) is 1.57. The third kappa shape index (κ3) is 4.59. The lowest BCUT2D eigenvalue weighted by atomic mass is 9.84. The number of esters is 1. The average Bonchev–Trinajstić information content (AvgIpc) is 3.00. The van der Waals surface area contributed by atoms with E-state index in [-0.39, 0.29) is 40.8 Å². The number of halogens is 3. The molecule has 33 heavy (non-hydrogen) atoms. The highest BCUT2D eigenvalue weighted by molar-refractivity contribution is 9.10. The number of hydrogen-bond donors (Lipinski definition) is 0. The molecule has 8 nitrogen and oxygen atoms in total. The van der Waals surface area contributed by atoms with Crippen molar-refractivity contribution in [3.8, 4) is 0 Å². The molecule has 1 aromatic heterocycles. The van der Waals surface area contributed by atoms with Gasteiger partial charge in [-0.1, -0.05) is 51.3 Å². The molecule has 2 aliphatic rings. The van der Waals surface area contributed by atoms with E-state index in [1.165, 1.54) is 24.3 Å². The summed E-state index contributed by atoms with van der Waals surface area (Å²) in [5, 5.41) is 3.43. The minimum atomic E-state index is -1.14. The van der Waals surface area contributed by atoms with Crippen LogP contribution in [0.25, 0.3) is 0 Å². The molecule has 1 unspecified atom stereocenters. The molecule has 2 aliphatic heterocycles. The zero-order chi connectivity index (χ0) is 23.8. The highest BCUT2D eigenvalue weighted by Gasteiger charge is 2.61. The van der Waals surface area contributed by atoms with Crippen LogP contribution in [0, 0.1) is 0 Å². The van der Waals surface area contributed by atoms with Crippen molar-refractivity contribution >= 4 is 62.7 Å². The Bertz CT molecular complexity index is 1080. The lowest BCUT2D eigenvalue weighted by Gasteiger charge is -2.46. The third-order valence-electron chi connectivity index (χ3n) is 5.89. The SMILES string of the molecule is COC(=O)CCN1CCCC2(Cc3ccc(Br)cc3)C(=O)N(c3cc(Cl)nc(Cl)c3)C(=O)N12. The van der Waals surface area contributed by atoms with Crippen LogP contribution in [0.5, 0.6) is 0 Å². The summed E-state index contributed by atoms with van der Waals surface area (Å²) in [4.78, 5) is 44.4. The molecule has 2 fully saturated rings. The molecule has 1 aromatic carbocycles. The number of carbonyl (C=O) groups excluding carboxylic acids is 3. The number of methoxy groups -OCH3 is 1. The summed E-state index contributed by atoms with van der Waals surface area (Å²) in [6, 6.07) is 10.0. The van der Waals surface area contributed by atoms with E-state index >= 15 is 0 Å². The van der Waals surface area contributed by atoms with Gasteiger partial charge in [-0.05, 0) is 42.7 Å². The Morgan fingerprint density at radius 3 is 2.48 bits per heavy atom. The van der Waals surface area contributed by atoms with Gasteiger partial charge in [0.05, 0.1) is 19.2 Å². The van der Waals surface area contributed by atoms with Crippen LogP contribution in [0.1, 0.15) is 24.8 Å². The van der Waals surface area contributed by atoms with Crippen molar-refractivity contribution in [2.75, 3.05) is 25.1 Å². The Balaban J connectivity index is 1.77. The van der Waals surface area contributed by atoms with Crippen molar-refractivity contribution in [1.29, 1.82) is 0 Å². The topological polar surface area (TPSA) is 83.0 Å². The Kier molecular flexibility index (Phi) is 6.95. The number of imide groups is 1. The lowest BCUT2D eigenvalue weighted by molar-refractivity contribution is -0.146. The van der Waals surface area contributed by atoms with Gasteiger partial charge in [-0.3, -0.25) is 9.59 Å². The number of nitrogens with zero attached hydrogens (tertiary/aromatic N) is 4. The minimum absolute atomic E-state index is 0.0764. The van der Waals surface area contributed by atoms with E-state index in [1.807, 2.05) is 24.3 Å². The van der Waals surface area contributed by atoms with Gasteiger partial charge in [0.25, 0.3) is 5.91 Å². The van der Waals surface area contributed by atoms with Crippen molar-refractivity contribution in [2.45, 2.75) is 31.2 Å². The maximum absolute atomic E-state index is 13.9. The van der Waals surface area contributed by atoms with Gasteiger partial charge < -0.3 is 4.74 Å². The molecule has 11 heteroatoms. The Hall–Kier alpha value is -2.20. The molecule has 174 valence electrons. The molecule has 2 aromatic rings. The van der Waals surface area contributed by atoms with Crippen LogP contribution in [0.15, 0.2) is 40.9 Å². The van der Waals surface area contributed by atoms with Gasteiger partial charge in [0, 0.05) is 24.0 Å². The first-order valence-corrected chi connectivity index (χ1v) is 11.9. The first kappa shape index (κ1) is 23.9. The van der Waals surface area contributed by atoms with E-state index in [0.29, 0.717) is 25.8 Å². The van der Waals surface area contributed by atoms with Crippen LogP contribution in [-0.4, -0.2) is 58.6 Å². The zero-order valence-electron chi connectivity index (χ0n) is 17.8. The van der Waals surface area contributed by atoms with E-state index in [9.17, 15) is 14.4 Å². The fourth-order valence-corrected chi connectivity index (χ4v) is 5.16. The molecule has 2 saturated heterocycles. The quantitative estimate of drug-likeness (QED) is 0.297. The molecule has 0 radical (unpaired) electrons. The van der Waals surface area contributed by atoms with Crippen molar-refractivity contribution < 1.29 is 19.1 Å². The van der Waals surface area contributed by atoms with Gasteiger partial charge in [-0.15, -0.1) is 0 Å². The maximum Gasteiger partial charge on any atom is 0.346 e. The fourth-order valence-electron chi connectivity index (χ4n) is 4.44. The number of rotatable bonds is 6. The van der Waals surface area contributed by atoms with Gasteiger partial charge in [0.15, 0.2) is 0 Å². The molecule has 0 spiro atoms. The molecule has 3 heterocycles. The van der Waals surface area contributed by atoms with Gasteiger partial charge in [0.2, 0.25) is 0 Å². The Labute approximate surface area is 209 Å². The number of carbonyl (C=O) groups is 3. The van der Waals surface area contributed by atoms with E-state index < -0.39 is 11.6 Å². The number of fused-ring (bicyclic) bond motifs is 1. The summed E-state index contributed by atoms with van der Waals surface area (Å²) in [6.45, 7) is 0.781. The standard InChI is InChI=1S/C22H21BrCl2N4O4/c1-33-19(30)7-10-27-9-2-8-22(13-14-3-5-15(23)6-4-14)20(31)28(21(32)29(22)27)16-11-17(24)26-18(25)12-16/h3-6,11-12H,2,7-10,13H2,1H3. The predicted octanol–water partition coefficient (Wildman–Crippen LogP) is 4.47. The van der Waals surface area contributed by atoms with Crippen LogP contribution in [0.2, 0.25) is 10.3 Å². The highest BCUT2D eigenvalue weighted by Crippen LogP contribution is 2.42. The van der Waals surface area contributed by atoms with Crippen LogP contribution >= 0.6 is 39.1 Å². The van der Waals surface area contributed by atoms with E-state index in [4.69, 9.17) is 27.9 Å². The summed E-state index contributed by atoms with van der Waals surface area (Å²) in [5.74, 6) is -0.752. The van der Waals surface area contributed by atoms with Gasteiger partial charge in [-0.25, -0.2) is 24.7 Å². The summed E-state index contributed by atoms with van der Waals surface area (Å²) >= 11 is 15.5. The van der Waals surface area contributed by atoms with Crippen LogP contribution in [0.4, 0.5) is 10.5 Å². The lowest BCUT2D eigenvalue weighted by Crippen LogP contribution is -2.62. The van der Waals surface area contributed by atoms with Crippen molar-refractivity contribution in [1.82, 2.24) is 15.0 Å². The van der Waals surface area contributed by atoms with E-state index in [2.05, 4.69) is 20.9 Å². The van der Waals surface area contributed by atoms with E-state index in [1.54, 1.807) is 5.01 Å². The molecule has 0 N–H and O–H groups in total. The summed E-state index contributed by atoms with van der Waals surface area (Å²) in [7, 11) is 1.32. The van der Waals surface area contributed by atoms with Crippen LogP contribution in [-0.2, 0) is 20.7 Å². The number of hydrazine groups is 1. The number of urea groups is 1. The average molecular weight is 556 g/mol. The van der Waals surface area contributed by atoms with Crippen molar-refractivity contribution in [3.63, 3.8) is 0 Å². The Morgan fingerprint density at radius 2 is 1.85 bits per heavy atom. The molecule has 1 atom stereocenters. The molecule has 0 bridgehead atoms. The van der Waals surface area contributed by atoms with Gasteiger partial charge in [0.1, 0.15) is 15.8 Å². The number of aromatic nitrogens is 1. The summed E-state index contributed by atoms with van der Waals surface area (Å²) in [5.41, 5.74) is 0.0286. The smallest absolute Gasteiger partial charge is 0.346 e. The number of ether oxygens (including phenoxy) is 1. The highest BCUT2D eigenvalue weighted by atomic mass is 79.9. The first-order chi connectivity index (χ1) is 15.7. The van der Waals surface area contributed by atoms with Crippen molar-refractivity contribution in [2.24, 2.45) is 0 Å². The summed E-state index contributed by atoms with van der Waals surface area (Å²) < 4.78 is 5.68. The number of pyridine rings is 1. The molecule has 4 rings (SSSR count). The number of anilines is 1. The Morgan fingerprint density at radius 1 is 1.18 bits per heavy atom. The van der Waals surface area contributed by atoms with Crippen molar-refractivity contribution in [3.05, 3.63) is 56.7 Å². The number of benzene rings is 1.